The highest BCUT2D eigenvalue weighted by Gasteiger charge is 2.19. The highest BCUT2D eigenvalue weighted by atomic mass is 32.2. The van der Waals surface area contributed by atoms with Gasteiger partial charge in [0.1, 0.15) is 11.6 Å². The van der Waals surface area contributed by atoms with Crippen LogP contribution in [0.1, 0.15) is 16.8 Å². The number of Topliss-reactive ketones (excluding diaryl/α,β-unsaturated/α-hetero) is 1. The van der Waals surface area contributed by atoms with Crippen LogP contribution in [0.15, 0.2) is 46.2 Å². The molecule has 10 heteroatoms. The van der Waals surface area contributed by atoms with E-state index < -0.39 is 11.7 Å². The number of ether oxygens (including phenoxy) is 1. The monoisotopic (exact) mass is 404 g/mol. The van der Waals surface area contributed by atoms with Crippen LogP contribution >= 0.6 is 11.8 Å². The van der Waals surface area contributed by atoms with Crippen molar-refractivity contribution >= 4 is 23.5 Å². The minimum atomic E-state index is -0.529. The summed E-state index contributed by atoms with van der Waals surface area (Å²) in [6.07, 6.45) is 1.57. The smallest absolute Gasteiger partial charge is 0.219 e. The molecule has 2 heterocycles. The van der Waals surface area contributed by atoms with Crippen molar-refractivity contribution in [3.63, 3.8) is 0 Å². The Labute approximate surface area is 163 Å². The second-order valence-electron chi connectivity index (χ2n) is 5.71. The van der Waals surface area contributed by atoms with E-state index in [1.54, 1.807) is 16.7 Å². The van der Waals surface area contributed by atoms with E-state index in [2.05, 4.69) is 10.2 Å². The number of methoxy groups -OCH3 is 1. The number of furan rings is 1. The fraction of sp³-hybridized carbons (Fsp3) is 0.222. The van der Waals surface area contributed by atoms with Crippen LogP contribution in [0.2, 0.25) is 0 Å². The number of thioether (sulfide) groups is 1. The summed E-state index contributed by atoms with van der Waals surface area (Å²) in [6, 6.07) is 7.17. The van der Waals surface area contributed by atoms with E-state index in [0.717, 1.165) is 17.8 Å². The molecule has 146 valence electrons. The minimum Gasteiger partial charge on any atom is -0.496 e. The van der Waals surface area contributed by atoms with Gasteiger partial charge in [-0.05, 0) is 30.3 Å². The van der Waals surface area contributed by atoms with Gasteiger partial charge in [-0.1, -0.05) is 11.8 Å². The van der Waals surface area contributed by atoms with Crippen LogP contribution in [0.25, 0.3) is 11.6 Å². The molecule has 0 saturated heterocycles. The maximum atomic E-state index is 13.5. The van der Waals surface area contributed by atoms with Gasteiger partial charge in [0.15, 0.2) is 22.5 Å². The van der Waals surface area contributed by atoms with Crippen molar-refractivity contribution in [1.29, 1.82) is 0 Å². The first kappa shape index (κ1) is 19.6. The first-order valence-electron chi connectivity index (χ1n) is 8.24. The molecule has 0 aliphatic carbocycles. The average molecular weight is 404 g/mol. The first-order valence-corrected chi connectivity index (χ1v) is 9.23. The lowest BCUT2D eigenvalue weighted by molar-refractivity contribution is -0.118. The van der Waals surface area contributed by atoms with Crippen molar-refractivity contribution in [1.82, 2.24) is 14.8 Å². The molecule has 0 spiro atoms. The van der Waals surface area contributed by atoms with E-state index in [1.807, 2.05) is 0 Å². The zero-order valence-corrected chi connectivity index (χ0v) is 15.7. The van der Waals surface area contributed by atoms with Crippen molar-refractivity contribution in [3.05, 3.63) is 48.0 Å². The molecule has 3 rings (SSSR count). The van der Waals surface area contributed by atoms with Crippen molar-refractivity contribution in [3.8, 4) is 17.3 Å². The maximum absolute atomic E-state index is 13.5. The third kappa shape index (κ3) is 4.39. The van der Waals surface area contributed by atoms with Gasteiger partial charge in [0, 0.05) is 13.0 Å². The predicted octanol–water partition coefficient (Wildman–Crippen LogP) is 2.54. The molecule has 0 aliphatic rings. The number of hydrogen-bond acceptors (Lipinski definition) is 7. The van der Waals surface area contributed by atoms with Gasteiger partial charge in [0.2, 0.25) is 5.91 Å². The Kier molecular flexibility index (Phi) is 6.09. The lowest BCUT2D eigenvalue weighted by Crippen LogP contribution is -2.15. The fourth-order valence-electron chi connectivity index (χ4n) is 2.51. The molecule has 0 aliphatic heterocycles. The summed E-state index contributed by atoms with van der Waals surface area (Å²) in [4.78, 5) is 23.7. The highest BCUT2D eigenvalue weighted by Crippen LogP contribution is 2.27. The normalized spacial score (nSPS) is 10.8. The van der Waals surface area contributed by atoms with Gasteiger partial charge < -0.3 is 14.9 Å². The SMILES string of the molecule is COc1ccc(F)cc1C(=O)CSc1nnc(-c2ccco2)n1CCC(N)=O. The number of carbonyl (C=O) groups is 2. The summed E-state index contributed by atoms with van der Waals surface area (Å²) in [7, 11) is 1.41. The van der Waals surface area contributed by atoms with Gasteiger partial charge in [0.05, 0.1) is 24.7 Å². The molecule has 0 radical (unpaired) electrons. The summed E-state index contributed by atoms with van der Waals surface area (Å²) in [6.45, 7) is 0.234. The van der Waals surface area contributed by atoms with Gasteiger partial charge in [-0.3, -0.25) is 14.2 Å². The second-order valence-corrected chi connectivity index (χ2v) is 6.65. The zero-order valence-electron chi connectivity index (χ0n) is 14.9. The van der Waals surface area contributed by atoms with Crippen LogP contribution in [0.3, 0.4) is 0 Å². The number of hydrogen-bond donors (Lipinski definition) is 1. The molecule has 3 aromatic rings. The van der Waals surface area contributed by atoms with Crippen molar-refractivity contribution in [2.75, 3.05) is 12.9 Å². The summed E-state index contributed by atoms with van der Waals surface area (Å²) in [5.74, 6) is -0.169. The van der Waals surface area contributed by atoms with E-state index in [-0.39, 0.29) is 30.1 Å². The van der Waals surface area contributed by atoms with Gasteiger partial charge in [-0.15, -0.1) is 10.2 Å². The van der Waals surface area contributed by atoms with Crippen LogP contribution in [0, 0.1) is 5.82 Å². The van der Waals surface area contributed by atoms with Crippen LogP contribution in [0.4, 0.5) is 4.39 Å². The number of aromatic nitrogens is 3. The Hall–Kier alpha value is -3.14. The largest absolute Gasteiger partial charge is 0.496 e. The van der Waals surface area contributed by atoms with Crippen LogP contribution in [0.5, 0.6) is 5.75 Å². The predicted molar refractivity (Wildman–Crippen MR) is 99.5 cm³/mol. The third-order valence-electron chi connectivity index (χ3n) is 3.83. The average Bonchev–Trinajstić information content (AvgIpc) is 3.33. The molecule has 0 unspecified atom stereocenters. The number of ketones is 1. The van der Waals surface area contributed by atoms with Gasteiger partial charge in [-0.25, -0.2) is 4.39 Å². The Morgan fingerprint density at radius 3 is 2.82 bits per heavy atom. The molecule has 2 aromatic heterocycles. The standard InChI is InChI=1S/C18H17FN4O4S/c1-26-14-5-4-11(19)9-12(14)13(24)10-28-18-22-21-17(15-3-2-8-27-15)23(18)7-6-16(20)25/h2-5,8-9H,6-7,10H2,1H3,(H2,20,25). The number of carbonyl (C=O) groups excluding carboxylic acids is 2. The third-order valence-corrected chi connectivity index (χ3v) is 4.80. The lowest BCUT2D eigenvalue weighted by Gasteiger charge is -2.09. The lowest BCUT2D eigenvalue weighted by atomic mass is 10.1. The molecule has 0 atom stereocenters. The molecule has 1 aromatic carbocycles. The summed E-state index contributed by atoms with van der Waals surface area (Å²) < 4.78 is 25.6. The number of benzene rings is 1. The van der Waals surface area contributed by atoms with E-state index in [0.29, 0.717) is 22.5 Å². The van der Waals surface area contributed by atoms with Gasteiger partial charge in [-0.2, -0.15) is 0 Å². The van der Waals surface area contributed by atoms with Crippen molar-refractivity contribution < 1.29 is 23.1 Å². The fourth-order valence-corrected chi connectivity index (χ4v) is 3.36. The molecule has 28 heavy (non-hydrogen) atoms. The molecular weight excluding hydrogens is 387 g/mol. The number of nitrogens with two attached hydrogens (primary N) is 1. The Balaban J connectivity index is 1.81. The molecule has 1 amide bonds. The molecule has 0 bridgehead atoms. The number of halogens is 1. The molecule has 0 fully saturated rings. The van der Waals surface area contributed by atoms with Crippen molar-refractivity contribution in [2.45, 2.75) is 18.1 Å². The van der Waals surface area contributed by atoms with Crippen LogP contribution < -0.4 is 10.5 Å². The second kappa shape index (κ2) is 8.70. The highest BCUT2D eigenvalue weighted by molar-refractivity contribution is 7.99. The topological polar surface area (TPSA) is 113 Å². The molecule has 8 nitrogen and oxygen atoms in total. The minimum absolute atomic E-state index is 0.0212. The summed E-state index contributed by atoms with van der Waals surface area (Å²) in [5, 5.41) is 8.58. The van der Waals surface area contributed by atoms with Crippen LogP contribution in [-0.4, -0.2) is 39.3 Å². The molecule has 0 saturated carbocycles. The van der Waals surface area contributed by atoms with Crippen molar-refractivity contribution in [2.24, 2.45) is 5.73 Å². The number of nitrogens with zero attached hydrogens (tertiary/aromatic N) is 3. The van der Waals surface area contributed by atoms with Gasteiger partial charge >= 0.3 is 0 Å². The maximum Gasteiger partial charge on any atom is 0.219 e. The quantitative estimate of drug-likeness (QED) is 0.431. The Morgan fingerprint density at radius 1 is 1.32 bits per heavy atom. The van der Waals surface area contributed by atoms with Crippen LogP contribution in [-0.2, 0) is 11.3 Å². The molecule has 2 N–H and O–H groups in total. The van der Waals surface area contributed by atoms with E-state index >= 15 is 0 Å². The van der Waals surface area contributed by atoms with E-state index in [9.17, 15) is 14.0 Å². The number of amides is 1. The van der Waals surface area contributed by atoms with E-state index in [4.69, 9.17) is 14.9 Å². The number of rotatable bonds is 9. The Morgan fingerprint density at radius 2 is 2.14 bits per heavy atom. The van der Waals surface area contributed by atoms with E-state index in [1.165, 1.54) is 25.5 Å². The number of primary amides is 1. The zero-order chi connectivity index (χ0) is 20.1. The summed E-state index contributed by atoms with van der Waals surface area (Å²) >= 11 is 1.11. The van der Waals surface area contributed by atoms with Gasteiger partial charge in [0.25, 0.3) is 0 Å². The summed E-state index contributed by atoms with van der Waals surface area (Å²) in [5.41, 5.74) is 5.39. The Bertz CT molecular complexity index is 988. The molecular formula is C18H17FN4O4S. The first-order chi connectivity index (χ1) is 13.5.